The maximum absolute atomic E-state index is 13.2. The Balaban J connectivity index is 2.31. The monoisotopic (exact) mass is 307 g/mol. The van der Waals surface area contributed by atoms with Gasteiger partial charge >= 0.3 is 10.1 Å². The van der Waals surface area contributed by atoms with Gasteiger partial charge in [-0.25, -0.2) is 4.39 Å². The number of benzene rings is 2. The maximum Gasteiger partial charge on any atom is 0.339 e. The normalized spacial score (nSPS) is 10.7. The number of hydrogen-bond acceptors (Lipinski definition) is 5. The third kappa shape index (κ3) is 3.30. The molecule has 0 N–H and O–H groups in total. The topological polar surface area (TPSA) is 76.4 Å². The van der Waals surface area contributed by atoms with Gasteiger partial charge in [0.25, 0.3) is 0 Å². The SMILES string of the molecule is COc1ccc(OS(=O)(=O)c2ccc(F)c(C#N)c2)cc1. The summed E-state index contributed by atoms with van der Waals surface area (Å²) in [7, 11) is -2.66. The van der Waals surface area contributed by atoms with Crippen LogP contribution in [0.15, 0.2) is 47.4 Å². The summed E-state index contributed by atoms with van der Waals surface area (Å²) in [4.78, 5) is -0.295. The van der Waals surface area contributed by atoms with E-state index in [4.69, 9.17) is 14.2 Å². The Kier molecular flexibility index (Phi) is 4.10. The lowest BCUT2D eigenvalue weighted by molar-refractivity contribution is 0.413. The highest BCUT2D eigenvalue weighted by atomic mass is 32.2. The Morgan fingerprint density at radius 1 is 1.10 bits per heavy atom. The van der Waals surface area contributed by atoms with Crippen LogP contribution in [-0.2, 0) is 10.1 Å². The van der Waals surface area contributed by atoms with Gasteiger partial charge in [0.15, 0.2) is 0 Å². The first kappa shape index (κ1) is 14.8. The van der Waals surface area contributed by atoms with Crippen molar-refractivity contribution >= 4 is 10.1 Å². The van der Waals surface area contributed by atoms with E-state index in [0.29, 0.717) is 5.75 Å². The summed E-state index contributed by atoms with van der Waals surface area (Å²) >= 11 is 0. The number of hydrogen-bond donors (Lipinski definition) is 0. The number of nitrogens with zero attached hydrogens (tertiary/aromatic N) is 1. The molecule has 2 rings (SSSR count). The van der Waals surface area contributed by atoms with Crippen molar-refractivity contribution in [3.8, 4) is 17.6 Å². The largest absolute Gasteiger partial charge is 0.497 e. The van der Waals surface area contributed by atoms with Crippen molar-refractivity contribution in [1.82, 2.24) is 0 Å². The average molecular weight is 307 g/mol. The second-order valence-corrected chi connectivity index (χ2v) is 5.51. The zero-order valence-corrected chi connectivity index (χ0v) is 11.7. The summed E-state index contributed by atoms with van der Waals surface area (Å²) in [5.74, 6) is -0.159. The Morgan fingerprint density at radius 3 is 2.29 bits per heavy atom. The Bertz CT molecular complexity index is 795. The van der Waals surface area contributed by atoms with E-state index in [0.717, 1.165) is 18.2 Å². The molecule has 0 atom stereocenters. The lowest BCUT2D eigenvalue weighted by atomic mass is 10.2. The predicted octanol–water partition coefficient (Wildman–Crippen LogP) is 2.47. The highest BCUT2D eigenvalue weighted by Gasteiger charge is 2.18. The van der Waals surface area contributed by atoms with Crippen molar-refractivity contribution in [3.63, 3.8) is 0 Å². The zero-order valence-electron chi connectivity index (χ0n) is 10.9. The summed E-state index contributed by atoms with van der Waals surface area (Å²) in [6.07, 6.45) is 0. The minimum absolute atomic E-state index is 0.0821. The van der Waals surface area contributed by atoms with Crippen molar-refractivity contribution in [1.29, 1.82) is 5.26 Å². The molecule has 0 unspecified atom stereocenters. The first-order valence-electron chi connectivity index (χ1n) is 5.74. The summed E-state index contributed by atoms with van der Waals surface area (Å²) in [6, 6.07) is 10.4. The fourth-order valence-electron chi connectivity index (χ4n) is 1.55. The van der Waals surface area contributed by atoms with Crippen LogP contribution in [0.2, 0.25) is 0 Å². The van der Waals surface area contributed by atoms with Crippen LogP contribution in [0.25, 0.3) is 0 Å². The molecule has 0 aliphatic carbocycles. The molecule has 108 valence electrons. The van der Waals surface area contributed by atoms with Crippen molar-refractivity contribution in [2.24, 2.45) is 0 Å². The molecule has 0 saturated carbocycles. The smallest absolute Gasteiger partial charge is 0.339 e. The Hall–Kier alpha value is -2.59. The molecule has 0 amide bonds. The maximum atomic E-state index is 13.2. The first-order valence-corrected chi connectivity index (χ1v) is 7.15. The molecule has 0 aromatic heterocycles. The molecule has 21 heavy (non-hydrogen) atoms. The predicted molar refractivity (Wildman–Crippen MR) is 71.9 cm³/mol. The fourth-order valence-corrected chi connectivity index (χ4v) is 2.51. The van der Waals surface area contributed by atoms with Crippen LogP contribution < -0.4 is 8.92 Å². The fraction of sp³-hybridized carbons (Fsp3) is 0.0714. The molecule has 0 radical (unpaired) electrons. The lowest BCUT2D eigenvalue weighted by Crippen LogP contribution is -2.10. The highest BCUT2D eigenvalue weighted by molar-refractivity contribution is 7.87. The average Bonchev–Trinajstić information content (AvgIpc) is 2.48. The van der Waals surface area contributed by atoms with Gasteiger partial charge in [-0.3, -0.25) is 0 Å². The second-order valence-electron chi connectivity index (χ2n) is 3.97. The van der Waals surface area contributed by atoms with Crippen LogP contribution in [0.3, 0.4) is 0 Å². The molecule has 0 saturated heterocycles. The molecule has 0 bridgehead atoms. The van der Waals surface area contributed by atoms with Gasteiger partial charge in [0.05, 0.1) is 12.7 Å². The summed E-state index contributed by atoms with van der Waals surface area (Å²) < 4.78 is 47.2. The van der Waals surface area contributed by atoms with E-state index in [9.17, 15) is 12.8 Å². The second kappa shape index (κ2) is 5.81. The van der Waals surface area contributed by atoms with E-state index in [1.54, 1.807) is 6.07 Å². The van der Waals surface area contributed by atoms with Crippen LogP contribution in [0, 0.1) is 17.1 Å². The molecular formula is C14H10FNO4S. The third-order valence-corrected chi connectivity index (χ3v) is 3.86. The van der Waals surface area contributed by atoms with Gasteiger partial charge < -0.3 is 8.92 Å². The number of methoxy groups -OCH3 is 1. The van der Waals surface area contributed by atoms with E-state index >= 15 is 0 Å². The van der Waals surface area contributed by atoms with Crippen LogP contribution in [0.4, 0.5) is 4.39 Å². The van der Waals surface area contributed by atoms with Gasteiger partial charge in [-0.05, 0) is 42.5 Å². The van der Waals surface area contributed by atoms with Gasteiger partial charge in [0.2, 0.25) is 0 Å². The molecule has 2 aromatic carbocycles. The molecule has 0 heterocycles. The van der Waals surface area contributed by atoms with E-state index in [-0.39, 0.29) is 16.2 Å². The van der Waals surface area contributed by atoms with E-state index in [2.05, 4.69) is 0 Å². The van der Waals surface area contributed by atoms with Crippen LogP contribution in [0.5, 0.6) is 11.5 Å². The lowest BCUT2D eigenvalue weighted by Gasteiger charge is -2.08. The van der Waals surface area contributed by atoms with E-state index in [1.165, 1.54) is 31.4 Å². The summed E-state index contributed by atoms with van der Waals surface area (Å²) in [6.45, 7) is 0. The molecule has 0 fully saturated rings. The van der Waals surface area contributed by atoms with E-state index < -0.39 is 15.9 Å². The van der Waals surface area contributed by atoms with Crippen molar-refractivity contribution in [2.45, 2.75) is 4.90 Å². The number of nitriles is 1. The molecule has 5 nitrogen and oxygen atoms in total. The van der Waals surface area contributed by atoms with Crippen LogP contribution in [-0.4, -0.2) is 15.5 Å². The summed E-state index contributed by atoms with van der Waals surface area (Å²) in [5.41, 5.74) is -0.366. The summed E-state index contributed by atoms with van der Waals surface area (Å²) in [5, 5.41) is 8.72. The van der Waals surface area contributed by atoms with Gasteiger partial charge in [-0.2, -0.15) is 13.7 Å². The van der Waals surface area contributed by atoms with Crippen LogP contribution in [0.1, 0.15) is 5.56 Å². The number of halogens is 1. The van der Waals surface area contributed by atoms with Gasteiger partial charge in [-0.15, -0.1) is 0 Å². The van der Waals surface area contributed by atoms with Gasteiger partial charge in [-0.1, -0.05) is 0 Å². The Labute approximate surface area is 121 Å². The Morgan fingerprint density at radius 2 is 1.71 bits per heavy atom. The standard InChI is InChI=1S/C14H10FNO4S/c1-19-11-2-4-12(5-3-11)20-21(17,18)13-6-7-14(15)10(8-13)9-16/h2-8H,1H3. The first-order chi connectivity index (χ1) is 9.96. The highest BCUT2D eigenvalue weighted by Crippen LogP contribution is 2.22. The quantitative estimate of drug-likeness (QED) is 0.811. The molecule has 0 aliphatic rings. The van der Waals surface area contributed by atoms with Gasteiger partial charge in [0, 0.05) is 0 Å². The minimum atomic E-state index is -4.14. The minimum Gasteiger partial charge on any atom is -0.497 e. The molecule has 7 heteroatoms. The van der Waals surface area contributed by atoms with Crippen molar-refractivity contribution in [3.05, 3.63) is 53.8 Å². The third-order valence-electron chi connectivity index (χ3n) is 2.61. The number of ether oxygens (including phenoxy) is 1. The van der Waals surface area contributed by atoms with Crippen molar-refractivity contribution in [2.75, 3.05) is 7.11 Å². The molecular weight excluding hydrogens is 297 g/mol. The molecule has 2 aromatic rings. The van der Waals surface area contributed by atoms with Crippen molar-refractivity contribution < 1.29 is 21.7 Å². The number of rotatable bonds is 4. The van der Waals surface area contributed by atoms with Crippen LogP contribution >= 0.6 is 0 Å². The van der Waals surface area contributed by atoms with Gasteiger partial charge in [0.1, 0.15) is 28.3 Å². The zero-order chi connectivity index (χ0) is 15.5. The van der Waals surface area contributed by atoms with E-state index in [1.807, 2.05) is 0 Å². The molecule has 0 aliphatic heterocycles. The molecule has 0 spiro atoms.